The van der Waals surface area contributed by atoms with Crippen molar-refractivity contribution < 1.29 is 4.74 Å². The third kappa shape index (κ3) is 7.41. The number of aliphatic imine (C=N–C) groups is 1. The van der Waals surface area contributed by atoms with Crippen molar-refractivity contribution in [2.75, 3.05) is 27.3 Å². The van der Waals surface area contributed by atoms with Crippen molar-refractivity contribution in [1.82, 2.24) is 15.6 Å². The van der Waals surface area contributed by atoms with E-state index in [1.165, 1.54) is 0 Å². The molecule has 0 aliphatic rings. The molecule has 0 aliphatic heterocycles. The van der Waals surface area contributed by atoms with Crippen molar-refractivity contribution in [3.63, 3.8) is 0 Å². The number of unbranched alkanes of at least 4 members (excludes halogenated alkanes) is 2. The van der Waals surface area contributed by atoms with Crippen LogP contribution in [0.1, 0.15) is 25.0 Å². The van der Waals surface area contributed by atoms with Gasteiger partial charge in [-0.15, -0.1) is 0 Å². The minimum atomic E-state index is 0.685. The minimum absolute atomic E-state index is 0.685. The molecular formula is C14H24N4O. The second kappa shape index (κ2) is 10.3. The average Bonchev–Trinajstić information content (AvgIpc) is 2.47. The standard InChI is InChI=1S/C14H24N4O/c1-15-14(17-10-5-3-7-11-19-2)18-12-13-8-4-6-9-16-13/h4,6,8-9H,3,5,7,10-12H2,1-2H3,(H2,15,17,18). The molecular weight excluding hydrogens is 240 g/mol. The summed E-state index contributed by atoms with van der Waals surface area (Å²) in [6.07, 6.45) is 5.19. The van der Waals surface area contributed by atoms with E-state index in [0.29, 0.717) is 6.54 Å². The maximum absolute atomic E-state index is 5.01. The Bertz CT molecular complexity index is 354. The number of aromatic nitrogens is 1. The third-order valence-electron chi connectivity index (χ3n) is 2.70. The lowest BCUT2D eigenvalue weighted by Gasteiger charge is -2.11. The van der Waals surface area contributed by atoms with Gasteiger partial charge in [-0.2, -0.15) is 0 Å². The normalized spacial score (nSPS) is 11.4. The molecule has 0 bridgehead atoms. The molecule has 0 aromatic carbocycles. The van der Waals surface area contributed by atoms with Crippen LogP contribution in [0.25, 0.3) is 0 Å². The third-order valence-corrected chi connectivity index (χ3v) is 2.70. The van der Waals surface area contributed by atoms with Gasteiger partial charge >= 0.3 is 0 Å². The first-order chi connectivity index (χ1) is 9.36. The van der Waals surface area contributed by atoms with Crippen molar-refractivity contribution >= 4 is 5.96 Å². The van der Waals surface area contributed by atoms with Gasteiger partial charge in [-0.1, -0.05) is 6.07 Å². The summed E-state index contributed by atoms with van der Waals surface area (Å²) in [6.45, 7) is 2.45. The second-order valence-electron chi connectivity index (χ2n) is 4.23. The zero-order chi connectivity index (χ0) is 13.8. The highest BCUT2D eigenvalue weighted by Crippen LogP contribution is 1.94. The molecule has 1 aromatic rings. The van der Waals surface area contributed by atoms with Crippen LogP contribution in [-0.2, 0) is 11.3 Å². The van der Waals surface area contributed by atoms with Crippen LogP contribution in [0.5, 0.6) is 0 Å². The zero-order valence-corrected chi connectivity index (χ0v) is 11.9. The lowest BCUT2D eigenvalue weighted by Crippen LogP contribution is -2.37. The molecule has 0 radical (unpaired) electrons. The van der Waals surface area contributed by atoms with Gasteiger partial charge in [-0.25, -0.2) is 0 Å². The van der Waals surface area contributed by atoms with Gasteiger partial charge in [0.2, 0.25) is 0 Å². The van der Waals surface area contributed by atoms with Crippen LogP contribution in [-0.4, -0.2) is 38.3 Å². The lowest BCUT2D eigenvalue weighted by atomic mass is 10.2. The van der Waals surface area contributed by atoms with E-state index in [1.807, 2.05) is 18.2 Å². The molecule has 0 amide bonds. The Balaban J connectivity index is 2.13. The molecule has 0 saturated heterocycles. The second-order valence-corrected chi connectivity index (χ2v) is 4.23. The number of methoxy groups -OCH3 is 1. The van der Waals surface area contributed by atoms with Crippen LogP contribution in [0.4, 0.5) is 0 Å². The molecule has 0 fully saturated rings. The summed E-state index contributed by atoms with van der Waals surface area (Å²) >= 11 is 0. The van der Waals surface area contributed by atoms with Gasteiger partial charge in [0.05, 0.1) is 12.2 Å². The molecule has 0 aliphatic carbocycles. The Morgan fingerprint density at radius 3 is 2.84 bits per heavy atom. The molecule has 5 heteroatoms. The molecule has 106 valence electrons. The number of pyridine rings is 1. The monoisotopic (exact) mass is 264 g/mol. The van der Waals surface area contributed by atoms with E-state index in [0.717, 1.165) is 44.1 Å². The minimum Gasteiger partial charge on any atom is -0.385 e. The maximum Gasteiger partial charge on any atom is 0.191 e. The smallest absolute Gasteiger partial charge is 0.191 e. The van der Waals surface area contributed by atoms with Gasteiger partial charge in [-0.3, -0.25) is 9.98 Å². The first-order valence-corrected chi connectivity index (χ1v) is 6.70. The Morgan fingerprint density at radius 2 is 2.16 bits per heavy atom. The lowest BCUT2D eigenvalue weighted by molar-refractivity contribution is 0.192. The van der Waals surface area contributed by atoms with Gasteiger partial charge in [0.15, 0.2) is 5.96 Å². The largest absolute Gasteiger partial charge is 0.385 e. The fourth-order valence-corrected chi connectivity index (χ4v) is 1.65. The number of hydrogen-bond donors (Lipinski definition) is 2. The SMILES string of the molecule is CN=C(NCCCCCOC)NCc1ccccn1. The fraction of sp³-hybridized carbons (Fsp3) is 0.571. The summed E-state index contributed by atoms with van der Waals surface area (Å²) in [5.74, 6) is 0.817. The van der Waals surface area contributed by atoms with E-state index in [-0.39, 0.29) is 0 Å². The van der Waals surface area contributed by atoms with Crippen LogP contribution < -0.4 is 10.6 Å². The van der Waals surface area contributed by atoms with Crippen LogP contribution in [0.15, 0.2) is 29.4 Å². The average molecular weight is 264 g/mol. The first-order valence-electron chi connectivity index (χ1n) is 6.70. The number of rotatable bonds is 8. The molecule has 1 aromatic heterocycles. The topological polar surface area (TPSA) is 58.5 Å². The number of nitrogens with zero attached hydrogens (tertiary/aromatic N) is 2. The van der Waals surface area contributed by atoms with E-state index < -0.39 is 0 Å². The summed E-state index contributed by atoms with van der Waals surface area (Å²) in [6, 6.07) is 5.89. The molecule has 19 heavy (non-hydrogen) atoms. The number of hydrogen-bond acceptors (Lipinski definition) is 3. The maximum atomic E-state index is 5.01. The number of nitrogens with one attached hydrogen (secondary N) is 2. The molecule has 1 heterocycles. The van der Waals surface area contributed by atoms with E-state index in [2.05, 4.69) is 20.6 Å². The van der Waals surface area contributed by atoms with Crippen molar-refractivity contribution in [3.05, 3.63) is 30.1 Å². The first kappa shape index (κ1) is 15.4. The quantitative estimate of drug-likeness (QED) is 0.425. The summed E-state index contributed by atoms with van der Waals surface area (Å²) in [5.41, 5.74) is 1.01. The Labute approximate surface area is 115 Å². The molecule has 0 spiro atoms. The highest BCUT2D eigenvalue weighted by molar-refractivity contribution is 5.79. The van der Waals surface area contributed by atoms with Crippen LogP contribution in [0.3, 0.4) is 0 Å². The Morgan fingerprint density at radius 1 is 1.26 bits per heavy atom. The van der Waals surface area contributed by atoms with Crippen LogP contribution >= 0.6 is 0 Å². The number of ether oxygens (including phenoxy) is 1. The van der Waals surface area contributed by atoms with Crippen molar-refractivity contribution in [1.29, 1.82) is 0 Å². The van der Waals surface area contributed by atoms with Gasteiger partial charge in [0.1, 0.15) is 0 Å². The van der Waals surface area contributed by atoms with Gasteiger partial charge in [0.25, 0.3) is 0 Å². The zero-order valence-electron chi connectivity index (χ0n) is 11.9. The Hall–Kier alpha value is -1.62. The molecule has 0 saturated carbocycles. The van der Waals surface area contributed by atoms with Gasteiger partial charge in [0, 0.05) is 33.5 Å². The number of guanidine groups is 1. The molecule has 1 rings (SSSR count). The predicted molar refractivity (Wildman–Crippen MR) is 78.2 cm³/mol. The molecule has 0 atom stereocenters. The van der Waals surface area contributed by atoms with Crippen molar-refractivity contribution in [2.45, 2.75) is 25.8 Å². The van der Waals surface area contributed by atoms with E-state index in [4.69, 9.17) is 4.74 Å². The molecule has 2 N–H and O–H groups in total. The summed E-state index contributed by atoms with van der Waals surface area (Å²) in [4.78, 5) is 8.44. The van der Waals surface area contributed by atoms with Crippen LogP contribution in [0, 0.1) is 0 Å². The Kier molecular flexibility index (Phi) is 8.38. The summed E-state index contributed by atoms with van der Waals surface area (Å²) in [5, 5.41) is 6.53. The van der Waals surface area contributed by atoms with Gasteiger partial charge in [-0.05, 0) is 31.4 Å². The summed E-state index contributed by atoms with van der Waals surface area (Å²) < 4.78 is 5.01. The fourth-order valence-electron chi connectivity index (χ4n) is 1.65. The van der Waals surface area contributed by atoms with E-state index in [1.54, 1.807) is 20.4 Å². The van der Waals surface area contributed by atoms with E-state index in [9.17, 15) is 0 Å². The molecule has 5 nitrogen and oxygen atoms in total. The van der Waals surface area contributed by atoms with Crippen molar-refractivity contribution in [2.24, 2.45) is 4.99 Å². The van der Waals surface area contributed by atoms with Gasteiger partial charge < -0.3 is 15.4 Å². The van der Waals surface area contributed by atoms with E-state index >= 15 is 0 Å². The van der Waals surface area contributed by atoms with Crippen molar-refractivity contribution in [3.8, 4) is 0 Å². The predicted octanol–water partition coefficient (Wildman–Crippen LogP) is 1.56. The van der Waals surface area contributed by atoms with Crippen LogP contribution in [0.2, 0.25) is 0 Å². The molecule has 0 unspecified atom stereocenters. The highest BCUT2D eigenvalue weighted by Gasteiger charge is 1.98. The summed E-state index contributed by atoms with van der Waals surface area (Å²) in [7, 11) is 3.51. The highest BCUT2D eigenvalue weighted by atomic mass is 16.5.